The van der Waals surface area contributed by atoms with E-state index in [1.54, 1.807) is 36.4 Å². The van der Waals surface area contributed by atoms with Crippen LogP contribution in [0.5, 0.6) is 5.75 Å². The fraction of sp³-hybridized carbons (Fsp3) is 0.333. The molecule has 0 aliphatic heterocycles. The highest BCUT2D eigenvalue weighted by Gasteiger charge is 2.33. The molecule has 1 N–H and O–H groups in total. The number of sulfonamides is 1. The molecule has 2 amide bonds. The van der Waals surface area contributed by atoms with Crippen molar-refractivity contribution in [2.24, 2.45) is 0 Å². The summed E-state index contributed by atoms with van der Waals surface area (Å²) in [5.74, 6) is -0.272. The minimum atomic E-state index is -4.17. The highest BCUT2D eigenvalue weighted by molar-refractivity contribution is 7.92. The average molecular weight is 586 g/mol. The molecule has 3 aromatic rings. The first-order valence-corrected chi connectivity index (χ1v) is 14.9. The van der Waals surface area contributed by atoms with E-state index in [1.165, 1.54) is 24.1 Å². The maximum atomic E-state index is 14.0. The summed E-state index contributed by atoms with van der Waals surface area (Å²) in [6.45, 7) is 5.27. The number of hydrogen-bond acceptors (Lipinski definition) is 5. The number of benzene rings is 3. The fourth-order valence-electron chi connectivity index (χ4n) is 4.29. The van der Waals surface area contributed by atoms with Gasteiger partial charge >= 0.3 is 0 Å². The summed E-state index contributed by atoms with van der Waals surface area (Å²) in [4.78, 5) is 28.6. The number of methoxy groups -OCH3 is 1. The Hall–Kier alpha value is -3.56. The van der Waals surface area contributed by atoms with E-state index in [0.29, 0.717) is 23.6 Å². The van der Waals surface area contributed by atoms with E-state index < -0.39 is 28.5 Å². The molecule has 0 fully saturated rings. The summed E-state index contributed by atoms with van der Waals surface area (Å²) >= 11 is 6.07. The van der Waals surface area contributed by atoms with Gasteiger partial charge in [0.25, 0.3) is 10.0 Å². The van der Waals surface area contributed by atoms with Gasteiger partial charge in [-0.2, -0.15) is 0 Å². The van der Waals surface area contributed by atoms with Crippen LogP contribution < -0.4 is 14.4 Å². The second-order valence-electron chi connectivity index (χ2n) is 9.57. The summed E-state index contributed by atoms with van der Waals surface area (Å²) in [7, 11) is -2.68. The number of carbonyl (C=O) groups excluding carboxylic acids is 2. The fourth-order valence-corrected chi connectivity index (χ4v) is 5.83. The number of nitrogens with zero attached hydrogens (tertiary/aromatic N) is 2. The van der Waals surface area contributed by atoms with Crippen molar-refractivity contribution in [2.45, 2.75) is 50.6 Å². The molecule has 10 heteroatoms. The Morgan fingerprint density at radius 2 is 1.57 bits per heavy atom. The second-order valence-corrected chi connectivity index (χ2v) is 11.9. The van der Waals surface area contributed by atoms with E-state index in [2.05, 4.69) is 5.32 Å². The SMILES string of the molecule is CCC(C(=O)NC(C)C)N(CCc1ccccc1)C(=O)CN(c1ccc(Cl)cc1)S(=O)(=O)c1ccc(OC)cc1. The molecule has 3 rings (SSSR count). The summed E-state index contributed by atoms with van der Waals surface area (Å²) in [5, 5.41) is 3.32. The number of nitrogens with one attached hydrogen (secondary N) is 1. The molecule has 0 saturated carbocycles. The van der Waals surface area contributed by atoms with Gasteiger partial charge in [0.2, 0.25) is 11.8 Å². The molecule has 0 saturated heterocycles. The average Bonchev–Trinajstić information content (AvgIpc) is 2.94. The lowest BCUT2D eigenvalue weighted by Crippen LogP contribution is -2.54. The van der Waals surface area contributed by atoms with Gasteiger partial charge in [-0.1, -0.05) is 48.9 Å². The molecule has 0 spiro atoms. The number of halogens is 1. The summed E-state index contributed by atoms with van der Waals surface area (Å²) < 4.78 is 34.0. The Morgan fingerprint density at radius 1 is 0.950 bits per heavy atom. The van der Waals surface area contributed by atoms with E-state index in [9.17, 15) is 18.0 Å². The standard InChI is InChI=1S/C30H36ClN3O5S/c1-5-28(30(36)32-22(2)3)33(20-19-23-9-7-6-8-10-23)29(35)21-34(25-13-11-24(31)12-14-25)40(37,38)27-17-15-26(39-4)16-18-27/h6-18,22,28H,5,19-21H2,1-4H3,(H,32,36). The molecule has 40 heavy (non-hydrogen) atoms. The number of rotatable bonds is 13. The minimum absolute atomic E-state index is 0.00326. The van der Waals surface area contributed by atoms with Gasteiger partial charge in [0.1, 0.15) is 18.3 Å². The van der Waals surface area contributed by atoms with Crippen molar-refractivity contribution in [2.75, 3.05) is 24.5 Å². The van der Waals surface area contributed by atoms with Crippen LogP contribution in [0.2, 0.25) is 5.02 Å². The van der Waals surface area contributed by atoms with Gasteiger partial charge in [-0.15, -0.1) is 0 Å². The van der Waals surface area contributed by atoms with Crippen LogP contribution in [-0.4, -0.2) is 57.4 Å². The van der Waals surface area contributed by atoms with Crippen molar-refractivity contribution in [3.05, 3.63) is 89.4 Å². The van der Waals surface area contributed by atoms with Gasteiger partial charge in [-0.05, 0) is 80.8 Å². The molecule has 0 aliphatic carbocycles. The summed E-state index contributed by atoms with van der Waals surface area (Å²) in [6.07, 6.45) is 0.871. The first kappa shape index (κ1) is 31.0. The number of hydrogen-bond donors (Lipinski definition) is 1. The molecule has 0 aliphatic rings. The summed E-state index contributed by atoms with van der Waals surface area (Å²) in [5.41, 5.74) is 1.27. The molecule has 214 valence electrons. The number of anilines is 1. The van der Waals surface area contributed by atoms with E-state index in [1.807, 2.05) is 51.1 Å². The molecule has 0 heterocycles. The summed E-state index contributed by atoms with van der Waals surface area (Å²) in [6, 6.07) is 20.9. The maximum Gasteiger partial charge on any atom is 0.264 e. The van der Waals surface area contributed by atoms with Crippen LogP contribution >= 0.6 is 11.6 Å². The second kappa shape index (κ2) is 14.2. The lowest BCUT2D eigenvalue weighted by molar-refractivity contribution is -0.139. The van der Waals surface area contributed by atoms with Gasteiger partial charge < -0.3 is 15.0 Å². The first-order valence-electron chi connectivity index (χ1n) is 13.1. The monoisotopic (exact) mass is 585 g/mol. The molecular weight excluding hydrogens is 550 g/mol. The Morgan fingerprint density at radius 3 is 2.12 bits per heavy atom. The van der Waals surface area contributed by atoms with Gasteiger partial charge in [0, 0.05) is 17.6 Å². The lowest BCUT2D eigenvalue weighted by Gasteiger charge is -2.33. The van der Waals surface area contributed by atoms with Crippen LogP contribution in [-0.2, 0) is 26.0 Å². The highest BCUT2D eigenvalue weighted by Crippen LogP contribution is 2.27. The Bertz CT molecular complexity index is 1360. The lowest BCUT2D eigenvalue weighted by atomic mass is 10.1. The molecular formula is C30H36ClN3O5S. The third-order valence-corrected chi connectivity index (χ3v) is 8.38. The molecule has 0 radical (unpaired) electrons. The van der Waals surface area contributed by atoms with Crippen LogP contribution in [0.3, 0.4) is 0 Å². The van der Waals surface area contributed by atoms with Crippen LogP contribution in [0.15, 0.2) is 83.8 Å². The van der Waals surface area contributed by atoms with E-state index in [4.69, 9.17) is 16.3 Å². The van der Waals surface area contributed by atoms with Crippen LogP contribution in [0.4, 0.5) is 5.69 Å². The Balaban J connectivity index is 2.00. The van der Waals surface area contributed by atoms with Crippen molar-refractivity contribution in [3.63, 3.8) is 0 Å². The van der Waals surface area contributed by atoms with Crippen molar-refractivity contribution >= 4 is 39.1 Å². The first-order chi connectivity index (χ1) is 19.1. The number of amides is 2. The van der Waals surface area contributed by atoms with Crippen molar-refractivity contribution in [1.29, 1.82) is 0 Å². The van der Waals surface area contributed by atoms with Gasteiger partial charge in [0.15, 0.2) is 0 Å². The smallest absolute Gasteiger partial charge is 0.264 e. The number of ether oxygens (including phenoxy) is 1. The molecule has 8 nitrogen and oxygen atoms in total. The van der Waals surface area contributed by atoms with E-state index >= 15 is 0 Å². The topological polar surface area (TPSA) is 96.0 Å². The third kappa shape index (κ3) is 7.99. The molecule has 3 aromatic carbocycles. The van der Waals surface area contributed by atoms with Crippen LogP contribution in [0.1, 0.15) is 32.8 Å². The normalized spacial score (nSPS) is 12.1. The van der Waals surface area contributed by atoms with Crippen molar-refractivity contribution in [1.82, 2.24) is 10.2 Å². The molecule has 1 atom stereocenters. The van der Waals surface area contributed by atoms with Gasteiger partial charge in [-0.25, -0.2) is 8.42 Å². The van der Waals surface area contributed by atoms with Crippen molar-refractivity contribution in [3.8, 4) is 5.75 Å². The zero-order valence-corrected chi connectivity index (χ0v) is 24.8. The number of carbonyl (C=O) groups is 2. The van der Waals surface area contributed by atoms with Crippen LogP contribution in [0.25, 0.3) is 0 Å². The largest absolute Gasteiger partial charge is 0.497 e. The van der Waals surface area contributed by atoms with E-state index in [0.717, 1.165) is 9.87 Å². The highest BCUT2D eigenvalue weighted by atomic mass is 35.5. The Kier molecular flexibility index (Phi) is 11.0. The maximum absolute atomic E-state index is 14.0. The minimum Gasteiger partial charge on any atom is -0.497 e. The Labute approximate surface area is 241 Å². The van der Waals surface area contributed by atoms with Crippen molar-refractivity contribution < 1.29 is 22.7 Å². The predicted molar refractivity (Wildman–Crippen MR) is 158 cm³/mol. The zero-order chi connectivity index (χ0) is 29.3. The zero-order valence-electron chi connectivity index (χ0n) is 23.2. The van der Waals surface area contributed by atoms with Gasteiger partial charge in [0.05, 0.1) is 17.7 Å². The quantitative estimate of drug-likeness (QED) is 0.307. The molecule has 0 bridgehead atoms. The third-order valence-electron chi connectivity index (χ3n) is 6.34. The predicted octanol–water partition coefficient (Wildman–Crippen LogP) is 4.92. The van der Waals surface area contributed by atoms with Crippen LogP contribution in [0, 0.1) is 0 Å². The van der Waals surface area contributed by atoms with Gasteiger partial charge in [-0.3, -0.25) is 13.9 Å². The van der Waals surface area contributed by atoms with E-state index in [-0.39, 0.29) is 29.1 Å². The molecule has 1 unspecified atom stereocenters. The molecule has 0 aromatic heterocycles.